The second-order valence-corrected chi connectivity index (χ2v) is 5.25. The van der Waals surface area contributed by atoms with Crippen LogP contribution in [-0.2, 0) is 25.5 Å². The van der Waals surface area contributed by atoms with Gasteiger partial charge in [0.1, 0.15) is 0 Å². The van der Waals surface area contributed by atoms with Gasteiger partial charge in [-0.3, -0.25) is 9.59 Å². The monoisotopic (exact) mass is 325 g/mol. The third kappa shape index (κ3) is 5.52. The van der Waals surface area contributed by atoms with Gasteiger partial charge in [0, 0.05) is 13.2 Å². The van der Waals surface area contributed by atoms with Gasteiger partial charge in [0.25, 0.3) is 5.91 Å². The molecule has 1 amide bonds. The Kier molecular flexibility index (Phi) is 6.34. The molecule has 1 aliphatic heterocycles. The van der Waals surface area contributed by atoms with Crippen LogP contribution in [0.25, 0.3) is 0 Å². The summed E-state index contributed by atoms with van der Waals surface area (Å²) in [5.41, 5.74) is 0.452. The highest BCUT2D eigenvalue weighted by atomic mass is 19.1. The van der Waals surface area contributed by atoms with E-state index in [1.54, 1.807) is 6.07 Å². The van der Waals surface area contributed by atoms with Crippen LogP contribution in [0.2, 0.25) is 0 Å². The fourth-order valence-electron chi connectivity index (χ4n) is 2.27. The van der Waals surface area contributed by atoms with Crippen molar-refractivity contribution in [2.45, 2.75) is 25.4 Å². The zero-order chi connectivity index (χ0) is 16.7. The molecule has 6 nitrogen and oxygen atoms in total. The number of rotatable bonds is 7. The SMILES string of the molecule is COc1ccc(CC(=O)OCC(=O)NC[C@@H]2CCCO2)cc1F. The lowest BCUT2D eigenvalue weighted by Gasteiger charge is -2.11. The summed E-state index contributed by atoms with van der Waals surface area (Å²) >= 11 is 0. The van der Waals surface area contributed by atoms with Crippen LogP contribution in [0.15, 0.2) is 18.2 Å². The van der Waals surface area contributed by atoms with Crippen molar-refractivity contribution in [3.05, 3.63) is 29.6 Å². The van der Waals surface area contributed by atoms with Crippen LogP contribution in [-0.4, -0.2) is 44.8 Å². The number of carbonyl (C=O) groups is 2. The largest absolute Gasteiger partial charge is 0.494 e. The highest BCUT2D eigenvalue weighted by Crippen LogP contribution is 2.18. The molecule has 1 aromatic rings. The summed E-state index contributed by atoms with van der Waals surface area (Å²) in [6.45, 7) is 0.776. The van der Waals surface area contributed by atoms with Crippen LogP contribution in [0.3, 0.4) is 0 Å². The summed E-state index contributed by atoms with van der Waals surface area (Å²) in [6, 6.07) is 4.21. The van der Waals surface area contributed by atoms with Gasteiger partial charge in [-0.2, -0.15) is 0 Å². The number of esters is 1. The van der Waals surface area contributed by atoms with Crippen LogP contribution in [0.1, 0.15) is 18.4 Å². The molecule has 0 aromatic heterocycles. The molecule has 0 aliphatic carbocycles. The second-order valence-electron chi connectivity index (χ2n) is 5.25. The van der Waals surface area contributed by atoms with Gasteiger partial charge in [0.2, 0.25) is 0 Å². The fourth-order valence-corrected chi connectivity index (χ4v) is 2.27. The number of amides is 1. The van der Waals surface area contributed by atoms with E-state index < -0.39 is 11.8 Å². The first-order valence-electron chi connectivity index (χ1n) is 7.45. The third-order valence-electron chi connectivity index (χ3n) is 3.48. The van der Waals surface area contributed by atoms with Crippen molar-refractivity contribution in [2.24, 2.45) is 0 Å². The van der Waals surface area contributed by atoms with Crippen molar-refractivity contribution in [2.75, 3.05) is 26.9 Å². The lowest BCUT2D eigenvalue weighted by molar-refractivity contribution is -0.148. The first-order valence-corrected chi connectivity index (χ1v) is 7.45. The predicted molar refractivity (Wildman–Crippen MR) is 79.6 cm³/mol. The Hall–Kier alpha value is -2.15. The average molecular weight is 325 g/mol. The summed E-state index contributed by atoms with van der Waals surface area (Å²) in [7, 11) is 1.36. The molecule has 1 aliphatic rings. The van der Waals surface area contributed by atoms with E-state index in [9.17, 15) is 14.0 Å². The Balaban J connectivity index is 1.69. The topological polar surface area (TPSA) is 73.9 Å². The first kappa shape index (κ1) is 17.2. The molecule has 1 fully saturated rings. The van der Waals surface area contributed by atoms with E-state index in [1.165, 1.54) is 19.2 Å². The molecule has 126 valence electrons. The average Bonchev–Trinajstić information content (AvgIpc) is 3.04. The molecular formula is C16H20FNO5. The molecule has 23 heavy (non-hydrogen) atoms. The van der Waals surface area contributed by atoms with Gasteiger partial charge in [0.15, 0.2) is 18.2 Å². The molecule has 2 rings (SSSR count). The standard InChI is InChI=1S/C16H20FNO5/c1-21-14-5-4-11(7-13(14)17)8-16(20)23-10-15(19)18-9-12-3-2-6-22-12/h4-5,7,12H,2-3,6,8-10H2,1H3,(H,18,19)/t12-/m0/s1. The summed E-state index contributed by atoms with van der Waals surface area (Å²) in [5, 5.41) is 2.65. The first-order chi connectivity index (χ1) is 11.1. The Morgan fingerprint density at radius 1 is 1.43 bits per heavy atom. The molecule has 1 aromatic carbocycles. The van der Waals surface area contributed by atoms with Gasteiger partial charge in [-0.15, -0.1) is 0 Å². The highest BCUT2D eigenvalue weighted by molar-refractivity contribution is 5.81. The molecule has 1 saturated heterocycles. The molecule has 1 atom stereocenters. The molecule has 0 radical (unpaired) electrons. The number of halogens is 1. The Morgan fingerprint density at radius 2 is 2.26 bits per heavy atom. The Labute approximate surface area is 133 Å². The zero-order valence-corrected chi connectivity index (χ0v) is 13.0. The number of ether oxygens (including phenoxy) is 3. The molecule has 0 saturated carbocycles. The van der Waals surface area contributed by atoms with Crippen molar-refractivity contribution in [1.82, 2.24) is 5.32 Å². The van der Waals surface area contributed by atoms with Gasteiger partial charge in [-0.25, -0.2) is 4.39 Å². The van der Waals surface area contributed by atoms with Gasteiger partial charge in [-0.1, -0.05) is 6.07 Å². The molecule has 0 unspecified atom stereocenters. The van der Waals surface area contributed by atoms with Crippen LogP contribution >= 0.6 is 0 Å². The normalized spacial score (nSPS) is 16.9. The van der Waals surface area contributed by atoms with Crippen molar-refractivity contribution < 1.29 is 28.2 Å². The highest BCUT2D eigenvalue weighted by Gasteiger charge is 2.17. The van der Waals surface area contributed by atoms with E-state index >= 15 is 0 Å². The van der Waals surface area contributed by atoms with E-state index in [4.69, 9.17) is 14.2 Å². The second kappa shape index (κ2) is 8.47. The minimum absolute atomic E-state index is 0.0388. The van der Waals surface area contributed by atoms with Gasteiger partial charge >= 0.3 is 5.97 Å². The molecule has 1 N–H and O–H groups in total. The maximum absolute atomic E-state index is 13.5. The van der Waals surface area contributed by atoms with Crippen LogP contribution < -0.4 is 10.1 Å². The molecule has 1 heterocycles. The van der Waals surface area contributed by atoms with Crippen LogP contribution in [0.5, 0.6) is 5.75 Å². The quantitative estimate of drug-likeness (QED) is 0.763. The lowest BCUT2D eigenvalue weighted by atomic mass is 10.1. The minimum Gasteiger partial charge on any atom is -0.494 e. The summed E-state index contributed by atoms with van der Waals surface area (Å²) < 4.78 is 28.6. The van der Waals surface area contributed by atoms with Crippen LogP contribution in [0.4, 0.5) is 4.39 Å². The maximum atomic E-state index is 13.5. The Bertz CT molecular complexity index is 557. The number of carbonyl (C=O) groups excluding carboxylic acids is 2. The van der Waals surface area contributed by atoms with Gasteiger partial charge in [-0.05, 0) is 30.5 Å². The molecule has 0 bridgehead atoms. The Morgan fingerprint density at radius 3 is 2.91 bits per heavy atom. The van der Waals surface area contributed by atoms with E-state index in [0.29, 0.717) is 18.7 Å². The molecule has 7 heteroatoms. The van der Waals surface area contributed by atoms with E-state index in [0.717, 1.165) is 12.8 Å². The lowest BCUT2D eigenvalue weighted by Crippen LogP contribution is -2.35. The van der Waals surface area contributed by atoms with Crippen molar-refractivity contribution >= 4 is 11.9 Å². The smallest absolute Gasteiger partial charge is 0.310 e. The van der Waals surface area contributed by atoms with Crippen molar-refractivity contribution in [3.63, 3.8) is 0 Å². The molecular weight excluding hydrogens is 305 g/mol. The third-order valence-corrected chi connectivity index (χ3v) is 3.48. The van der Waals surface area contributed by atoms with E-state index in [2.05, 4.69) is 5.32 Å². The number of hydrogen-bond acceptors (Lipinski definition) is 5. The van der Waals surface area contributed by atoms with Gasteiger partial charge < -0.3 is 19.5 Å². The minimum atomic E-state index is -0.596. The number of nitrogens with one attached hydrogen (secondary N) is 1. The van der Waals surface area contributed by atoms with Gasteiger partial charge in [0.05, 0.1) is 19.6 Å². The fraction of sp³-hybridized carbons (Fsp3) is 0.500. The van der Waals surface area contributed by atoms with E-state index in [1.807, 2.05) is 0 Å². The zero-order valence-electron chi connectivity index (χ0n) is 13.0. The van der Waals surface area contributed by atoms with Crippen LogP contribution in [0, 0.1) is 5.82 Å². The maximum Gasteiger partial charge on any atom is 0.310 e. The predicted octanol–water partition coefficient (Wildman–Crippen LogP) is 1.22. The summed E-state index contributed by atoms with van der Waals surface area (Å²) in [5.74, 6) is -1.42. The van der Waals surface area contributed by atoms with E-state index in [-0.39, 0.29) is 30.8 Å². The summed E-state index contributed by atoms with van der Waals surface area (Å²) in [4.78, 5) is 23.2. The number of methoxy groups -OCH3 is 1. The number of benzene rings is 1. The molecule has 0 spiro atoms. The number of hydrogen-bond donors (Lipinski definition) is 1. The summed E-state index contributed by atoms with van der Waals surface area (Å²) in [6.07, 6.45) is 1.84. The van der Waals surface area contributed by atoms with Crippen molar-refractivity contribution in [3.8, 4) is 5.75 Å². The van der Waals surface area contributed by atoms with Crippen molar-refractivity contribution in [1.29, 1.82) is 0 Å².